The molecular weight excluding hydrogens is 193 g/mol. The van der Waals surface area contributed by atoms with Gasteiger partial charge in [-0.3, -0.25) is 0 Å². The van der Waals surface area contributed by atoms with Crippen LogP contribution >= 0.6 is 0 Å². The van der Waals surface area contributed by atoms with Crippen molar-refractivity contribution < 1.29 is 9.13 Å². The minimum Gasteiger partial charge on any atom is -0.451 e. The van der Waals surface area contributed by atoms with Crippen molar-refractivity contribution in [2.45, 2.75) is 32.2 Å². The van der Waals surface area contributed by atoms with Gasteiger partial charge in [-0.1, -0.05) is 13.0 Å². The first kappa shape index (κ1) is 10.4. The first-order valence-corrected chi connectivity index (χ1v) is 5.51. The van der Waals surface area contributed by atoms with Gasteiger partial charge in [0, 0.05) is 6.04 Å². The lowest BCUT2D eigenvalue weighted by atomic mass is 10.2. The van der Waals surface area contributed by atoms with E-state index in [1.54, 1.807) is 18.2 Å². The third-order valence-corrected chi connectivity index (χ3v) is 2.80. The summed E-state index contributed by atoms with van der Waals surface area (Å²) in [5.41, 5.74) is 0. The third kappa shape index (κ3) is 2.29. The first-order valence-electron chi connectivity index (χ1n) is 5.51. The second kappa shape index (κ2) is 4.62. The molecule has 0 saturated carbocycles. The maximum absolute atomic E-state index is 12.3. The second-order valence-electron chi connectivity index (χ2n) is 3.87. The molecule has 3 heterocycles. The predicted molar refractivity (Wildman–Crippen MR) is 57.8 cm³/mol. The number of ether oxygens (including phenoxy) is 1. The van der Waals surface area contributed by atoms with E-state index in [1.807, 2.05) is 0 Å². The van der Waals surface area contributed by atoms with E-state index >= 15 is 0 Å². The van der Waals surface area contributed by atoms with Crippen LogP contribution in [-0.2, 0) is 0 Å². The Bertz CT molecular complexity index is 314. The Morgan fingerprint density at radius 1 is 1.47 bits per heavy atom. The molecule has 3 aliphatic heterocycles. The molecule has 1 saturated heterocycles. The lowest BCUT2D eigenvalue weighted by Gasteiger charge is -2.16. The summed E-state index contributed by atoms with van der Waals surface area (Å²) < 4.78 is 17.0. The summed E-state index contributed by atoms with van der Waals surface area (Å²) in [5, 5.41) is 3.41. The molecule has 0 aromatic heterocycles. The maximum atomic E-state index is 12.3. The molecule has 0 spiro atoms. The lowest BCUT2D eigenvalue weighted by Crippen LogP contribution is -2.19. The number of benzene rings is 1. The Kier molecular flexibility index (Phi) is 3.21. The fourth-order valence-electron chi connectivity index (χ4n) is 1.83. The van der Waals surface area contributed by atoms with Crippen LogP contribution in [-0.4, -0.2) is 12.6 Å². The van der Waals surface area contributed by atoms with Gasteiger partial charge < -0.3 is 10.1 Å². The third-order valence-electron chi connectivity index (χ3n) is 2.80. The monoisotopic (exact) mass is 209 g/mol. The van der Waals surface area contributed by atoms with Gasteiger partial charge >= 0.3 is 0 Å². The molecule has 4 rings (SSSR count). The van der Waals surface area contributed by atoms with Gasteiger partial charge in [0.2, 0.25) is 5.82 Å². The van der Waals surface area contributed by atoms with Crippen molar-refractivity contribution >= 4 is 0 Å². The molecule has 1 unspecified atom stereocenters. The summed E-state index contributed by atoms with van der Waals surface area (Å²) in [6.45, 7) is 3.49. The van der Waals surface area contributed by atoms with Gasteiger partial charge in [0.05, 0.1) is 0 Å². The highest BCUT2D eigenvalue weighted by Gasteiger charge is 2.19. The molecule has 1 aromatic rings. The topological polar surface area (TPSA) is 21.3 Å². The van der Waals surface area contributed by atoms with Crippen molar-refractivity contribution in [3.8, 4) is 11.5 Å². The van der Waals surface area contributed by atoms with Crippen molar-refractivity contribution in [3.63, 3.8) is 0 Å². The summed E-state index contributed by atoms with van der Waals surface area (Å²) in [4.78, 5) is 0. The predicted octanol–water partition coefficient (Wildman–Crippen LogP) is 3.08. The SMILES string of the molecule is CCC1CCCN1.Fc1c2cccc1O2. The Hall–Kier alpha value is -1.09. The van der Waals surface area contributed by atoms with Crippen molar-refractivity contribution in [3.05, 3.63) is 24.0 Å². The zero-order chi connectivity index (χ0) is 10.7. The molecule has 3 aliphatic rings. The highest BCUT2D eigenvalue weighted by molar-refractivity contribution is 5.46. The Morgan fingerprint density at radius 3 is 2.47 bits per heavy atom. The zero-order valence-electron chi connectivity index (χ0n) is 8.92. The lowest BCUT2D eigenvalue weighted by molar-refractivity contribution is 0.350. The van der Waals surface area contributed by atoms with Crippen LogP contribution < -0.4 is 10.1 Å². The number of hydrogen-bond acceptors (Lipinski definition) is 2. The molecule has 1 N–H and O–H groups in total. The quantitative estimate of drug-likeness (QED) is 0.779. The van der Waals surface area contributed by atoms with E-state index in [4.69, 9.17) is 4.74 Å². The van der Waals surface area contributed by atoms with Crippen molar-refractivity contribution in [1.29, 1.82) is 0 Å². The molecule has 0 aliphatic carbocycles. The van der Waals surface area contributed by atoms with E-state index in [0.717, 1.165) is 6.04 Å². The van der Waals surface area contributed by atoms with Crippen molar-refractivity contribution in [2.75, 3.05) is 6.54 Å². The summed E-state index contributed by atoms with van der Waals surface area (Å²) >= 11 is 0. The van der Waals surface area contributed by atoms with Gasteiger partial charge in [0.1, 0.15) is 0 Å². The first-order chi connectivity index (χ1) is 7.31. The minimum absolute atomic E-state index is 0.215. The number of hydrogen-bond donors (Lipinski definition) is 1. The van der Waals surface area contributed by atoms with Crippen molar-refractivity contribution in [2.24, 2.45) is 0 Å². The van der Waals surface area contributed by atoms with Crippen LogP contribution in [0.25, 0.3) is 0 Å². The average molecular weight is 209 g/mol. The fraction of sp³-hybridized carbons (Fsp3) is 0.500. The summed E-state index contributed by atoms with van der Waals surface area (Å²) in [6, 6.07) is 5.81. The number of fused-ring (bicyclic) bond motifs is 2. The van der Waals surface area contributed by atoms with Crippen LogP contribution in [0.5, 0.6) is 11.5 Å². The van der Waals surface area contributed by atoms with E-state index in [2.05, 4.69) is 12.2 Å². The Balaban J connectivity index is 0.000000115. The van der Waals surface area contributed by atoms with Crippen LogP contribution in [0, 0.1) is 5.82 Å². The minimum atomic E-state index is -0.215. The molecule has 2 bridgehead atoms. The molecule has 15 heavy (non-hydrogen) atoms. The van der Waals surface area contributed by atoms with E-state index in [0.29, 0.717) is 11.5 Å². The molecule has 1 fully saturated rings. The Labute approximate surface area is 89.4 Å². The maximum Gasteiger partial charge on any atom is 0.208 e. The van der Waals surface area contributed by atoms with Gasteiger partial charge in [-0.05, 0) is 37.9 Å². The van der Waals surface area contributed by atoms with Gasteiger partial charge in [-0.25, -0.2) is 0 Å². The van der Waals surface area contributed by atoms with Crippen LogP contribution in [0.2, 0.25) is 0 Å². The largest absolute Gasteiger partial charge is 0.451 e. The van der Waals surface area contributed by atoms with Gasteiger partial charge in [0.15, 0.2) is 11.5 Å². The molecule has 2 nitrogen and oxygen atoms in total. The standard InChI is InChI=1S/C6H3FO.C6H13N/c7-6-4-2-1-3-5(6)8-4;1-2-6-4-3-5-7-6/h1-3H;6-7H,2-5H2,1H3. The molecule has 1 aromatic carbocycles. The zero-order valence-corrected chi connectivity index (χ0v) is 8.92. The summed E-state index contributed by atoms with van der Waals surface area (Å²) in [7, 11) is 0. The molecular formula is C12H16FNO. The molecule has 0 amide bonds. The Morgan fingerprint density at radius 2 is 2.20 bits per heavy atom. The molecule has 3 heteroatoms. The van der Waals surface area contributed by atoms with Crippen LogP contribution in [0.4, 0.5) is 4.39 Å². The molecule has 0 radical (unpaired) electrons. The number of nitrogens with one attached hydrogen (secondary N) is 1. The highest BCUT2D eigenvalue weighted by atomic mass is 19.1. The second-order valence-corrected chi connectivity index (χ2v) is 3.87. The molecule has 82 valence electrons. The fourth-order valence-corrected chi connectivity index (χ4v) is 1.83. The summed E-state index contributed by atoms with van der Waals surface area (Å²) in [6.07, 6.45) is 4.09. The van der Waals surface area contributed by atoms with Gasteiger partial charge in [-0.2, -0.15) is 4.39 Å². The molecule has 1 atom stereocenters. The normalized spacial score (nSPS) is 21.1. The average Bonchev–Trinajstić information content (AvgIpc) is 2.83. The van der Waals surface area contributed by atoms with E-state index in [1.165, 1.54) is 25.8 Å². The van der Waals surface area contributed by atoms with E-state index < -0.39 is 0 Å². The van der Waals surface area contributed by atoms with Crippen LogP contribution in [0.3, 0.4) is 0 Å². The van der Waals surface area contributed by atoms with Crippen molar-refractivity contribution in [1.82, 2.24) is 5.32 Å². The van der Waals surface area contributed by atoms with Crippen LogP contribution in [0.15, 0.2) is 18.2 Å². The van der Waals surface area contributed by atoms with E-state index in [9.17, 15) is 4.39 Å². The van der Waals surface area contributed by atoms with Crippen LogP contribution in [0.1, 0.15) is 26.2 Å². The number of rotatable bonds is 1. The summed E-state index contributed by atoms with van der Waals surface area (Å²) in [5.74, 6) is 0.512. The smallest absolute Gasteiger partial charge is 0.208 e. The number of halogens is 1. The van der Waals surface area contributed by atoms with E-state index in [-0.39, 0.29) is 5.82 Å². The van der Waals surface area contributed by atoms with Gasteiger partial charge in [-0.15, -0.1) is 0 Å². The highest BCUT2D eigenvalue weighted by Crippen LogP contribution is 2.38. The van der Waals surface area contributed by atoms with Gasteiger partial charge in [0.25, 0.3) is 0 Å².